The number of rotatable bonds is 13. The molecular formula is C31H37NO6. The van der Waals surface area contributed by atoms with E-state index < -0.39 is 24.0 Å². The molecule has 0 aromatic heterocycles. The van der Waals surface area contributed by atoms with Crippen molar-refractivity contribution in [2.45, 2.75) is 45.4 Å². The van der Waals surface area contributed by atoms with E-state index >= 15 is 0 Å². The third-order valence-electron chi connectivity index (χ3n) is 6.16. The summed E-state index contributed by atoms with van der Waals surface area (Å²) in [4.78, 5) is 25.8. The average Bonchev–Trinajstić information content (AvgIpc) is 2.94. The van der Waals surface area contributed by atoms with Gasteiger partial charge in [0, 0.05) is 6.07 Å². The van der Waals surface area contributed by atoms with Crippen LogP contribution in [0.25, 0.3) is 11.1 Å². The van der Waals surface area contributed by atoms with E-state index in [9.17, 15) is 9.59 Å². The maximum absolute atomic E-state index is 13.1. The summed E-state index contributed by atoms with van der Waals surface area (Å²) < 4.78 is 21.5. The fourth-order valence-electron chi connectivity index (χ4n) is 4.22. The van der Waals surface area contributed by atoms with E-state index in [4.69, 9.17) is 18.9 Å². The van der Waals surface area contributed by atoms with Crippen molar-refractivity contribution in [2.24, 2.45) is 5.92 Å². The first kappa shape index (κ1) is 28.7. The standard InChI is InChI=1S/C31H37NO6/c1-21(2)14-28(31(34)38-20-22-10-7-6-8-11-22)32-29(30(33)37-5)16-23-12-9-13-24(15-23)25-17-26(35-3)19-27(18-25)36-4/h6-13,15,17-19,21,28-29,32H,14,16,20H2,1-5H3/t28-,29?/m0/s1. The lowest BCUT2D eigenvalue weighted by Crippen LogP contribution is -2.49. The van der Waals surface area contributed by atoms with Crippen LogP contribution in [0.5, 0.6) is 11.5 Å². The molecule has 0 heterocycles. The first-order chi connectivity index (χ1) is 18.3. The zero-order valence-corrected chi connectivity index (χ0v) is 22.7. The minimum atomic E-state index is -0.733. The molecule has 3 aromatic rings. The Morgan fingerprint density at radius 1 is 0.737 bits per heavy atom. The summed E-state index contributed by atoms with van der Waals surface area (Å²) in [7, 11) is 4.57. The molecule has 0 amide bonds. The van der Waals surface area contributed by atoms with Crippen LogP contribution >= 0.6 is 0 Å². The molecule has 0 aliphatic rings. The molecule has 1 N–H and O–H groups in total. The van der Waals surface area contributed by atoms with Gasteiger partial charge in [0.05, 0.1) is 21.3 Å². The Morgan fingerprint density at radius 3 is 2.00 bits per heavy atom. The van der Waals surface area contributed by atoms with Crippen LogP contribution in [0, 0.1) is 5.92 Å². The van der Waals surface area contributed by atoms with Crippen LogP contribution < -0.4 is 14.8 Å². The molecule has 0 radical (unpaired) electrons. The van der Waals surface area contributed by atoms with Crippen LogP contribution in [0.2, 0.25) is 0 Å². The highest BCUT2D eigenvalue weighted by atomic mass is 16.5. The van der Waals surface area contributed by atoms with Crippen molar-refractivity contribution < 1.29 is 28.5 Å². The highest BCUT2D eigenvalue weighted by Gasteiger charge is 2.29. The van der Waals surface area contributed by atoms with Crippen molar-refractivity contribution in [1.82, 2.24) is 5.32 Å². The topological polar surface area (TPSA) is 83.1 Å². The summed E-state index contributed by atoms with van der Waals surface area (Å²) in [6.45, 7) is 4.22. The largest absolute Gasteiger partial charge is 0.497 e. The third kappa shape index (κ3) is 8.35. The lowest BCUT2D eigenvalue weighted by atomic mass is 9.97. The number of carbonyl (C=O) groups is 2. The fourth-order valence-corrected chi connectivity index (χ4v) is 4.22. The monoisotopic (exact) mass is 519 g/mol. The molecule has 1 unspecified atom stereocenters. The van der Waals surface area contributed by atoms with Gasteiger partial charge in [0.2, 0.25) is 0 Å². The van der Waals surface area contributed by atoms with Gasteiger partial charge in [-0.1, -0.05) is 68.4 Å². The predicted molar refractivity (Wildman–Crippen MR) is 147 cm³/mol. The molecule has 3 rings (SSSR count). The number of hydrogen-bond acceptors (Lipinski definition) is 7. The molecule has 0 spiro atoms. The summed E-state index contributed by atoms with van der Waals surface area (Å²) in [5.41, 5.74) is 3.69. The number of esters is 2. The van der Waals surface area contributed by atoms with Gasteiger partial charge in [-0.2, -0.15) is 0 Å². The van der Waals surface area contributed by atoms with Gasteiger partial charge in [-0.15, -0.1) is 0 Å². The SMILES string of the molecule is COC(=O)C(Cc1cccc(-c2cc(OC)cc(OC)c2)c1)N[C@@H](CC(C)C)C(=O)OCc1ccccc1. The Morgan fingerprint density at radius 2 is 1.39 bits per heavy atom. The zero-order chi connectivity index (χ0) is 27.5. The van der Waals surface area contributed by atoms with Gasteiger partial charge in [0.15, 0.2) is 0 Å². The van der Waals surface area contributed by atoms with E-state index in [1.165, 1.54) is 7.11 Å². The van der Waals surface area contributed by atoms with Crippen molar-refractivity contribution in [3.8, 4) is 22.6 Å². The summed E-state index contributed by atoms with van der Waals surface area (Å²) in [6, 6.07) is 21.7. The number of nitrogens with one attached hydrogen (secondary N) is 1. The highest BCUT2D eigenvalue weighted by Crippen LogP contribution is 2.30. The Bertz CT molecular complexity index is 1170. The molecule has 0 saturated carbocycles. The van der Waals surface area contributed by atoms with Crippen molar-refractivity contribution >= 4 is 11.9 Å². The second-order valence-electron chi connectivity index (χ2n) is 9.52. The molecule has 3 aromatic carbocycles. The summed E-state index contributed by atoms with van der Waals surface area (Å²) in [6.07, 6.45) is 0.854. The first-order valence-electron chi connectivity index (χ1n) is 12.7. The molecule has 0 saturated heterocycles. The van der Waals surface area contributed by atoms with Gasteiger partial charge in [-0.25, -0.2) is 0 Å². The van der Waals surface area contributed by atoms with E-state index in [0.717, 1.165) is 22.3 Å². The number of methoxy groups -OCH3 is 3. The van der Waals surface area contributed by atoms with Crippen LogP contribution in [0.4, 0.5) is 0 Å². The maximum Gasteiger partial charge on any atom is 0.323 e. The molecule has 38 heavy (non-hydrogen) atoms. The van der Waals surface area contributed by atoms with Crippen LogP contribution in [0.1, 0.15) is 31.4 Å². The predicted octanol–water partition coefficient (Wildman–Crippen LogP) is 5.20. The second-order valence-corrected chi connectivity index (χ2v) is 9.52. The van der Waals surface area contributed by atoms with Gasteiger partial charge in [0.25, 0.3) is 0 Å². The molecule has 0 aliphatic heterocycles. The Labute approximate surface area is 225 Å². The molecule has 0 bridgehead atoms. The number of carbonyl (C=O) groups excluding carboxylic acids is 2. The highest BCUT2D eigenvalue weighted by molar-refractivity contribution is 5.80. The van der Waals surface area contributed by atoms with Crippen molar-refractivity contribution in [3.05, 3.63) is 83.9 Å². The fraction of sp³-hybridized carbons (Fsp3) is 0.355. The van der Waals surface area contributed by atoms with Crippen molar-refractivity contribution in [3.63, 3.8) is 0 Å². The van der Waals surface area contributed by atoms with E-state index in [1.54, 1.807) is 14.2 Å². The van der Waals surface area contributed by atoms with Gasteiger partial charge in [0.1, 0.15) is 30.2 Å². The van der Waals surface area contributed by atoms with E-state index in [0.29, 0.717) is 24.3 Å². The van der Waals surface area contributed by atoms with E-state index in [2.05, 4.69) is 5.32 Å². The quantitative estimate of drug-likeness (QED) is 0.311. The van der Waals surface area contributed by atoms with Gasteiger partial charge < -0.3 is 18.9 Å². The lowest BCUT2D eigenvalue weighted by molar-refractivity contribution is -0.149. The smallest absolute Gasteiger partial charge is 0.323 e. The Balaban J connectivity index is 1.80. The molecule has 7 heteroatoms. The van der Waals surface area contributed by atoms with Crippen LogP contribution in [-0.4, -0.2) is 45.4 Å². The number of ether oxygens (including phenoxy) is 4. The van der Waals surface area contributed by atoms with Crippen LogP contribution in [0.3, 0.4) is 0 Å². The minimum Gasteiger partial charge on any atom is -0.497 e. The second kappa shape index (κ2) is 14.2. The average molecular weight is 520 g/mol. The van der Waals surface area contributed by atoms with Gasteiger partial charge in [-0.3, -0.25) is 14.9 Å². The van der Waals surface area contributed by atoms with Gasteiger partial charge in [-0.05, 0) is 53.1 Å². The molecule has 0 aliphatic carbocycles. The third-order valence-corrected chi connectivity index (χ3v) is 6.16. The Kier molecular flexibility index (Phi) is 10.7. The van der Waals surface area contributed by atoms with Crippen molar-refractivity contribution in [1.29, 1.82) is 0 Å². The summed E-state index contributed by atoms with van der Waals surface area (Å²) in [5, 5.41) is 3.23. The number of benzene rings is 3. The maximum atomic E-state index is 13.1. The normalized spacial score (nSPS) is 12.5. The zero-order valence-electron chi connectivity index (χ0n) is 22.7. The van der Waals surface area contributed by atoms with E-state index in [1.807, 2.05) is 86.6 Å². The lowest BCUT2D eigenvalue weighted by Gasteiger charge is -2.24. The van der Waals surface area contributed by atoms with Crippen LogP contribution in [-0.2, 0) is 32.1 Å². The molecule has 2 atom stereocenters. The molecule has 0 fully saturated rings. The number of hydrogen-bond donors (Lipinski definition) is 1. The van der Waals surface area contributed by atoms with Crippen molar-refractivity contribution in [2.75, 3.05) is 21.3 Å². The van der Waals surface area contributed by atoms with Gasteiger partial charge >= 0.3 is 11.9 Å². The van der Waals surface area contributed by atoms with E-state index in [-0.39, 0.29) is 12.5 Å². The first-order valence-corrected chi connectivity index (χ1v) is 12.7. The Hall–Kier alpha value is -3.84. The van der Waals surface area contributed by atoms with Crippen LogP contribution in [0.15, 0.2) is 72.8 Å². The molecular weight excluding hydrogens is 482 g/mol. The minimum absolute atomic E-state index is 0.172. The summed E-state index contributed by atoms with van der Waals surface area (Å²) in [5.74, 6) is 0.743. The molecule has 7 nitrogen and oxygen atoms in total. The summed E-state index contributed by atoms with van der Waals surface area (Å²) >= 11 is 0. The molecule has 202 valence electrons.